The number of hydrogen-bond acceptors (Lipinski definition) is 1. The van der Waals surface area contributed by atoms with E-state index in [4.69, 9.17) is 16.3 Å². The van der Waals surface area contributed by atoms with Crippen molar-refractivity contribution >= 4 is 59.4 Å². The maximum atomic E-state index is 6.03. The van der Waals surface area contributed by atoms with E-state index in [9.17, 15) is 0 Å². The van der Waals surface area contributed by atoms with Gasteiger partial charge in [0.2, 0.25) is 0 Å². The summed E-state index contributed by atoms with van der Waals surface area (Å²) in [6.07, 6.45) is 0. The number of halogens is 4. The highest BCUT2D eigenvalue weighted by atomic mass is 79.9. The van der Waals surface area contributed by atoms with Crippen molar-refractivity contribution in [2.24, 2.45) is 0 Å². The molecule has 0 aliphatic heterocycles. The Hall–Kier alpha value is -0.0300. The van der Waals surface area contributed by atoms with Crippen LogP contribution in [-0.2, 0) is 0 Å². The molecule has 1 unspecified atom stereocenters. The first-order valence-electron chi connectivity index (χ1n) is 6.04. The second kappa shape index (κ2) is 7.30. The molecule has 0 spiro atoms. The SMILES string of the molecule is CCOc1ccc(C(Br)c2ccc(Cl)c(Br)c2)c(Br)c1. The predicted molar refractivity (Wildman–Crippen MR) is 95.2 cm³/mol. The first-order valence-corrected chi connectivity index (χ1v) is 8.92. The summed E-state index contributed by atoms with van der Waals surface area (Å²) in [5.74, 6) is 0.861. The van der Waals surface area contributed by atoms with Gasteiger partial charge in [0.05, 0.1) is 16.5 Å². The molecule has 0 bridgehead atoms. The third-order valence-electron chi connectivity index (χ3n) is 2.79. The number of rotatable bonds is 4. The molecule has 2 rings (SSSR count). The van der Waals surface area contributed by atoms with Crippen molar-refractivity contribution in [3.8, 4) is 5.75 Å². The van der Waals surface area contributed by atoms with Gasteiger partial charge in [0.1, 0.15) is 5.75 Å². The van der Waals surface area contributed by atoms with Gasteiger partial charge in [-0.25, -0.2) is 0 Å². The molecule has 0 fully saturated rings. The van der Waals surface area contributed by atoms with Gasteiger partial charge in [0, 0.05) is 8.95 Å². The van der Waals surface area contributed by atoms with E-state index < -0.39 is 0 Å². The molecule has 1 nitrogen and oxygen atoms in total. The minimum atomic E-state index is 0.0844. The van der Waals surface area contributed by atoms with E-state index in [1.165, 1.54) is 0 Å². The van der Waals surface area contributed by atoms with Gasteiger partial charge in [-0.2, -0.15) is 0 Å². The van der Waals surface area contributed by atoms with Gasteiger partial charge in [0.15, 0.2) is 0 Å². The standard InChI is InChI=1S/C15H12Br3ClO/c1-2-20-10-4-5-11(12(16)8-10)15(18)9-3-6-14(19)13(17)7-9/h3-8,15H,2H2,1H3. The van der Waals surface area contributed by atoms with Crippen LogP contribution in [0.3, 0.4) is 0 Å². The first-order chi connectivity index (χ1) is 9.52. The van der Waals surface area contributed by atoms with Crippen LogP contribution in [0.1, 0.15) is 22.9 Å². The zero-order chi connectivity index (χ0) is 14.7. The molecule has 0 aliphatic carbocycles. The Morgan fingerprint density at radius 3 is 2.45 bits per heavy atom. The van der Waals surface area contributed by atoms with E-state index in [1.807, 2.05) is 37.3 Å². The van der Waals surface area contributed by atoms with E-state index >= 15 is 0 Å². The van der Waals surface area contributed by atoms with Crippen molar-refractivity contribution in [2.75, 3.05) is 6.61 Å². The highest BCUT2D eigenvalue weighted by molar-refractivity contribution is 9.11. The van der Waals surface area contributed by atoms with E-state index in [2.05, 4.69) is 53.9 Å². The molecule has 0 aromatic heterocycles. The zero-order valence-corrected chi connectivity index (χ0v) is 16.2. The van der Waals surface area contributed by atoms with Crippen LogP contribution in [0.15, 0.2) is 45.3 Å². The molecule has 0 amide bonds. The summed E-state index contributed by atoms with van der Waals surface area (Å²) in [6.45, 7) is 2.63. The van der Waals surface area contributed by atoms with Gasteiger partial charge < -0.3 is 4.74 Å². The lowest BCUT2D eigenvalue weighted by atomic mass is 10.0. The van der Waals surface area contributed by atoms with Crippen molar-refractivity contribution in [1.82, 2.24) is 0 Å². The fraction of sp³-hybridized carbons (Fsp3) is 0.200. The quantitative estimate of drug-likeness (QED) is 0.438. The van der Waals surface area contributed by atoms with E-state index in [0.29, 0.717) is 11.6 Å². The summed E-state index contributed by atoms with van der Waals surface area (Å²) in [5, 5.41) is 0.708. The third kappa shape index (κ3) is 3.79. The lowest BCUT2D eigenvalue weighted by molar-refractivity contribution is 0.340. The number of benzene rings is 2. The van der Waals surface area contributed by atoms with Crippen LogP contribution in [0.4, 0.5) is 0 Å². The molecule has 0 saturated heterocycles. The second-order valence-electron chi connectivity index (χ2n) is 4.15. The fourth-order valence-electron chi connectivity index (χ4n) is 1.82. The summed E-state index contributed by atoms with van der Waals surface area (Å²) < 4.78 is 7.39. The van der Waals surface area contributed by atoms with Crippen LogP contribution < -0.4 is 4.74 Å². The van der Waals surface area contributed by atoms with Crippen LogP contribution in [0.2, 0.25) is 5.02 Å². The van der Waals surface area contributed by atoms with Crippen molar-refractivity contribution in [2.45, 2.75) is 11.8 Å². The molecular formula is C15H12Br3ClO. The molecule has 0 aliphatic rings. The molecule has 2 aromatic carbocycles. The smallest absolute Gasteiger partial charge is 0.120 e. The van der Waals surface area contributed by atoms with Gasteiger partial charge in [-0.05, 0) is 58.2 Å². The lowest BCUT2D eigenvalue weighted by Gasteiger charge is -2.15. The third-order valence-corrected chi connectivity index (χ3v) is 5.71. The van der Waals surface area contributed by atoms with Crippen LogP contribution >= 0.6 is 59.4 Å². The Kier molecular flexibility index (Phi) is 5.96. The number of hydrogen-bond donors (Lipinski definition) is 0. The average molecular weight is 483 g/mol. The largest absolute Gasteiger partial charge is 0.494 e. The number of alkyl halides is 1. The van der Waals surface area contributed by atoms with E-state index in [0.717, 1.165) is 25.8 Å². The highest BCUT2D eigenvalue weighted by Gasteiger charge is 2.15. The van der Waals surface area contributed by atoms with Crippen LogP contribution in [0, 0.1) is 0 Å². The normalized spacial score (nSPS) is 12.2. The molecule has 1 atom stereocenters. The summed E-state index contributed by atoms with van der Waals surface area (Å²) in [4.78, 5) is 0.0844. The second-order valence-corrected chi connectivity index (χ2v) is 7.18. The number of ether oxygens (including phenoxy) is 1. The van der Waals surface area contributed by atoms with Gasteiger partial charge in [-0.1, -0.05) is 55.6 Å². The van der Waals surface area contributed by atoms with Gasteiger partial charge in [-0.15, -0.1) is 0 Å². The summed E-state index contributed by atoms with van der Waals surface area (Å²) in [5.41, 5.74) is 2.27. The molecule has 0 saturated carbocycles. The Bertz CT molecular complexity index is 616. The Balaban J connectivity index is 2.32. The van der Waals surface area contributed by atoms with E-state index in [1.54, 1.807) is 0 Å². The molecule has 0 N–H and O–H groups in total. The first kappa shape index (κ1) is 16.3. The molecule has 106 valence electrons. The van der Waals surface area contributed by atoms with Crippen molar-refractivity contribution in [1.29, 1.82) is 0 Å². The Morgan fingerprint density at radius 2 is 1.85 bits per heavy atom. The molecule has 0 heterocycles. The average Bonchev–Trinajstić information content (AvgIpc) is 2.42. The maximum Gasteiger partial charge on any atom is 0.120 e. The fourth-order valence-corrected chi connectivity index (χ4v) is 3.91. The van der Waals surface area contributed by atoms with Gasteiger partial charge in [0.25, 0.3) is 0 Å². The summed E-state index contributed by atoms with van der Waals surface area (Å²) >= 11 is 16.8. The minimum absolute atomic E-state index is 0.0844. The van der Waals surface area contributed by atoms with Crippen LogP contribution in [0.25, 0.3) is 0 Å². The molecule has 5 heteroatoms. The molecule has 20 heavy (non-hydrogen) atoms. The van der Waals surface area contributed by atoms with Crippen molar-refractivity contribution < 1.29 is 4.74 Å². The van der Waals surface area contributed by atoms with Gasteiger partial charge >= 0.3 is 0 Å². The van der Waals surface area contributed by atoms with Crippen molar-refractivity contribution in [3.05, 3.63) is 61.5 Å². The zero-order valence-electron chi connectivity index (χ0n) is 10.7. The van der Waals surface area contributed by atoms with E-state index in [-0.39, 0.29) is 4.83 Å². The maximum absolute atomic E-state index is 6.03. The lowest BCUT2D eigenvalue weighted by Crippen LogP contribution is -1.96. The Morgan fingerprint density at radius 1 is 1.10 bits per heavy atom. The topological polar surface area (TPSA) is 9.23 Å². The Labute approximate surface area is 149 Å². The molecule has 0 radical (unpaired) electrons. The molecule has 2 aromatic rings. The predicted octanol–water partition coefficient (Wildman–Crippen LogP) is 6.75. The summed E-state index contributed by atoms with van der Waals surface area (Å²) in [6, 6.07) is 11.9. The molecular weight excluding hydrogens is 471 g/mol. The van der Waals surface area contributed by atoms with Crippen molar-refractivity contribution in [3.63, 3.8) is 0 Å². The van der Waals surface area contributed by atoms with Crippen LogP contribution in [0.5, 0.6) is 5.75 Å². The van der Waals surface area contributed by atoms with Gasteiger partial charge in [-0.3, -0.25) is 0 Å². The monoisotopic (exact) mass is 480 g/mol. The minimum Gasteiger partial charge on any atom is -0.494 e. The highest BCUT2D eigenvalue weighted by Crippen LogP contribution is 2.38. The summed E-state index contributed by atoms with van der Waals surface area (Å²) in [7, 11) is 0. The van der Waals surface area contributed by atoms with Crippen LogP contribution in [-0.4, -0.2) is 6.61 Å².